The maximum atomic E-state index is 13.2. The second-order valence-electron chi connectivity index (χ2n) is 7.52. The molecule has 3 aromatic rings. The highest BCUT2D eigenvalue weighted by Crippen LogP contribution is 2.39. The lowest BCUT2D eigenvalue weighted by molar-refractivity contribution is -0.140. The number of para-hydroxylation sites is 1. The number of hydrogen-bond acceptors (Lipinski definition) is 6. The molecule has 0 spiro atoms. The van der Waals surface area contributed by atoms with Crippen LogP contribution < -0.4 is 10.1 Å². The van der Waals surface area contributed by atoms with Crippen molar-refractivity contribution in [2.45, 2.75) is 24.4 Å². The molecular formula is C20H20F3N5O2. The molecule has 2 aliphatic rings. The van der Waals surface area contributed by atoms with Gasteiger partial charge in [0, 0.05) is 25.8 Å². The molecule has 0 aliphatic carbocycles. The van der Waals surface area contributed by atoms with Crippen molar-refractivity contribution < 1.29 is 22.6 Å². The molecule has 0 unspecified atom stereocenters. The predicted octanol–water partition coefficient (Wildman–Crippen LogP) is 3.22. The van der Waals surface area contributed by atoms with Crippen molar-refractivity contribution in [2.24, 2.45) is 0 Å². The normalized spacial score (nSPS) is 22.4. The van der Waals surface area contributed by atoms with Gasteiger partial charge in [-0.2, -0.15) is 13.2 Å². The van der Waals surface area contributed by atoms with Crippen molar-refractivity contribution >= 4 is 16.9 Å². The van der Waals surface area contributed by atoms with Crippen molar-refractivity contribution in [2.75, 3.05) is 32.1 Å². The van der Waals surface area contributed by atoms with Crippen LogP contribution >= 0.6 is 0 Å². The summed E-state index contributed by atoms with van der Waals surface area (Å²) in [7, 11) is 1.69. The minimum atomic E-state index is -4.49. The van der Waals surface area contributed by atoms with Crippen LogP contribution in [-0.2, 0) is 10.9 Å². The third-order valence-electron chi connectivity index (χ3n) is 5.75. The van der Waals surface area contributed by atoms with Crippen LogP contribution in [0.1, 0.15) is 17.3 Å². The lowest BCUT2D eigenvalue weighted by Crippen LogP contribution is -2.60. The number of rotatable bonds is 4. The van der Waals surface area contributed by atoms with Gasteiger partial charge in [-0.05, 0) is 12.1 Å². The number of aromatic amines is 1. The lowest BCUT2D eigenvalue weighted by atomic mass is 9.92. The number of hydrogen-bond donors (Lipinski definition) is 2. The van der Waals surface area contributed by atoms with E-state index >= 15 is 0 Å². The summed E-state index contributed by atoms with van der Waals surface area (Å²) in [6, 6.07) is 8.48. The van der Waals surface area contributed by atoms with Gasteiger partial charge in [0.25, 0.3) is 0 Å². The molecule has 0 radical (unpaired) electrons. The number of likely N-dealkylation sites (tertiary alicyclic amines) is 1. The van der Waals surface area contributed by atoms with Gasteiger partial charge in [-0.15, -0.1) is 0 Å². The van der Waals surface area contributed by atoms with Crippen LogP contribution in [0.25, 0.3) is 11.0 Å². The molecule has 2 N–H and O–H groups in total. The molecule has 10 heteroatoms. The summed E-state index contributed by atoms with van der Waals surface area (Å²) in [5, 5.41) is 3.67. The monoisotopic (exact) mass is 419 g/mol. The van der Waals surface area contributed by atoms with Crippen molar-refractivity contribution in [1.29, 1.82) is 0 Å². The molecule has 2 atom stereocenters. The van der Waals surface area contributed by atoms with E-state index in [4.69, 9.17) is 9.47 Å². The molecule has 4 heterocycles. The summed E-state index contributed by atoms with van der Waals surface area (Å²) >= 11 is 0. The molecule has 158 valence electrons. The molecule has 1 fully saturated rings. The molecule has 1 saturated heterocycles. The van der Waals surface area contributed by atoms with Gasteiger partial charge in [0.2, 0.25) is 0 Å². The summed E-state index contributed by atoms with van der Waals surface area (Å²) < 4.78 is 50.9. The van der Waals surface area contributed by atoms with Gasteiger partial charge in [0.05, 0.1) is 23.6 Å². The zero-order valence-corrected chi connectivity index (χ0v) is 16.1. The second-order valence-corrected chi connectivity index (χ2v) is 7.52. The second kappa shape index (κ2) is 7.13. The Morgan fingerprint density at radius 3 is 2.80 bits per heavy atom. The van der Waals surface area contributed by atoms with Gasteiger partial charge in [0.1, 0.15) is 35.8 Å². The first-order chi connectivity index (χ1) is 14.4. The van der Waals surface area contributed by atoms with E-state index in [0.717, 1.165) is 30.5 Å². The van der Waals surface area contributed by atoms with E-state index in [0.29, 0.717) is 17.8 Å². The molecule has 2 aromatic heterocycles. The van der Waals surface area contributed by atoms with E-state index in [1.165, 1.54) is 6.33 Å². The number of benzene rings is 1. The number of ether oxygens (including phenoxy) is 2. The average Bonchev–Trinajstić information content (AvgIpc) is 3.14. The molecule has 30 heavy (non-hydrogen) atoms. The van der Waals surface area contributed by atoms with Crippen LogP contribution in [0.4, 0.5) is 19.0 Å². The highest BCUT2D eigenvalue weighted by atomic mass is 19.4. The van der Waals surface area contributed by atoms with Gasteiger partial charge >= 0.3 is 6.18 Å². The average molecular weight is 419 g/mol. The first-order valence-corrected chi connectivity index (χ1v) is 9.60. The van der Waals surface area contributed by atoms with Crippen LogP contribution in [0.15, 0.2) is 36.7 Å². The van der Waals surface area contributed by atoms with Crippen LogP contribution in [0.5, 0.6) is 5.75 Å². The Labute approximate surface area is 170 Å². The Kier molecular flexibility index (Phi) is 4.55. The lowest BCUT2D eigenvalue weighted by Gasteiger charge is -2.48. The number of nitrogens with one attached hydrogen (secondary N) is 2. The molecule has 5 rings (SSSR count). The summed E-state index contributed by atoms with van der Waals surface area (Å²) in [5.74, 6) is 1.10. The quantitative estimate of drug-likeness (QED) is 0.677. The minimum absolute atomic E-state index is 0.0163. The number of halogens is 3. The molecule has 0 saturated carbocycles. The van der Waals surface area contributed by atoms with E-state index in [-0.39, 0.29) is 23.8 Å². The number of nitrogens with zero attached hydrogens (tertiary/aromatic N) is 3. The molecular weight excluding hydrogens is 399 g/mol. The van der Waals surface area contributed by atoms with Crippen molar-refractivity contribution in [3.8, 4) is 5.75 Å². The SMILES string of the molecule is COC1CN([C@H]2COc3ccccc3[C@@H]2Nc2ncnc3[nH]c(C(F)(F)F)cc23)C1. The number of H-pyrrole nitrogens is 1. The largest absolute Gasteiger partial charge is 0.491 e. The summed E-state index contributed by atoms with van der Waals surface area (Å²) in [5.41, 5.74) is 0.226. The first kappa shape index (κ1) is 19.1. The van der Waals surface area contributed by atoms with Gasteiger partial charge < -0.3 is 19.8 Å². The third-order valence-corrected chi connectivity index (χ3v) is 5.75. The topological polar surface area (TPSA) is 75.3 Å². The van der Waals surface area contributed by atoms with E-state index < -0.39 is 11.9 Å². The number of alkyl halides is 3. The molecule has 0 bridgehead atoms. The number of anilines is 1. The van der Waals surface area contributed by atoms with Crippen LogP contribution in [0, 0.1) is 0 Å². The van der Waals surface area contributed by atoms with Gasteiger partial charge in [-0.3, -0.25) is 4.90 Å². The maximum absolute atomic E-state index is 13.2. The fraction of sp³-hybridized carbons (Fsp3) is 0.400. The summed E-state index contributed by atoms with van der Waals surface area (Å²) in [6.45, 7) is 2.00. The molecule has 2 aliphatic heterocycles. The van der Waals surface area contributed by atoms with E-state index in [1.807, 2.05) is 24.3 Å². The van der Waals surface area contributed by atoms with Gasteiger partial charge in [-0.25, -0.2) is 9.97 Å². The Balaban J connectivity index is 1.51. The smallest absolute Gasteiger partial charge is 0.431 e. The Bertz CT molecular complexity index is 1060. The zero-order valence-electron chi connectivity index (χ0n) is 16.1. The Morgan fingerprint density at radius 1 is 1.23 bits per heavy atom. The number of methoxy groups -OCH3 is 1. The number of fused-ring (bicyclic) bond motifs is 2. The highest BCUT2D eigenvalue weighted by Gasteiger charge is 2.41. The predicted molar refractivity (Wildman–Crippen MR) is 103 cm³/mol. The fourth-order valence-corrected chi connectivity index (χ4v) is 4.08. The number of aromatic nitrogens is 3. The standard InChI is InChI=1S/C20H20F3N5O2/c1-29-11-7-28(8-11)14-9-30-15-5-3-2-4-12(15)17(14)27-19-13-6-16(20(21,22)23)26-18(13)24-10-25-19/h2-6,10-11,14,17H,7-9H2,1H3,(H2,24,25,26,27)/t14-,17-/m0/s1. The van der Waals surface area contributed by atoms with E-state index in [9.17, 15) is 13.2 Å². The zero-order chi connectivity index (χ0) is 20.9. The van der Waals surface area contributed by atoms with Crippen LogP contribution in [0.2, 0.25) is 0 Å². The highest BCUT2D eigenvalue weighted by molar-refractivity contribution is 5.88. The van der Waals surface area contributed by atoms with Gasteiger partial charge in [0.15, 0.2) is 0 Å². The maximum Gasteiger partial charge on any atom is 0.431 e. The van der Waals surface area contributed by atoms with E-state index in [2.05, 4.69) is 25.2 Å². The van der Waals surface area contributed by atoms with E-state index in [1.54, 1.807) is 7.11 Å². The van der Waals surface area contributed by atoms with Crippen molar-refractivity contribution in [3.05, 3.63) is 47.9 Å². The Morgan fingerprint density at radius 2 is 2.03 bits per heavy atom. The molecule has 7 nitrogen and oxygen atoms in total. The fourth-order valence-electron chi connectivity index (χ4n) is 4.08. The van der Waals surface area contributed by atoms with Gasteiger partial charge in [-0.1, -0.05) is 18.2 Å². The van der Waals surface area contributed by atoms with Crippen molar-refractivity contribution in [3.63, 3.8) is 0 Å². The molecule has 1 aromatic carbocycles. The van der Waals surface area contributed by atoms with Crippen LogP contribution in [0.3, 0.4) is 0 Å². The Hall–Kier alpha value is -2.85. The first-order valence-electron chi connectivity index (χ1n) is 9.60. The minimum Gasteiger partial charge on any atom is -0.491 e. The summed E-state index contributed by atoms with van der Waals surface area (Å²) in [4.78, 5) is 12.8. The summed E-state index contributed by atoms with van der Waals surface area (Å²) in [6.07, 6.45) is -3.06. The third kappa shape index (κ3) is 3.25. The van der Waals surface area contributed by atoms with Crippen LogP contribution in [-0.4, -0.2) is 58.8 Å². The molecule has 0 amide bonds. The van der Waals surface area contributed by atoms with Crippen molar-refractivity contribution in [1.82, 2.24) is 19.9 Å².